The average Bonchev–Trinajstić information content (AvgIpc) is 3.01. The molecule has 0 aliphatic rings. The van der Waals surface area contributed by atoms with Gasteiger partial charge in [-0.3, -0.25) is 9.59 Å². The van der Waals surface area contributed by atoms with Crippen molar-refractivity contribution in [2.75, 3.05) is 18.9 Å². The second-order valence-electron chi connectivity index (χ2n) is 7.71. The zero-order valence-electron chi connectivity index (χ0n) is 17.4. The summed E-state index contributed by atoms with van der Waals surface area (Å²) in [5, 5.41) is 3.97. The van der Waals surface area contributed by atoms with Gasteiger partial charge in [0.15, 0.2) is 0 Å². The lowest BCUT2D eigenvalue weighted by molar-refractivity contribution is -0.116. The third-order valence-electron chi connectivity index (χ3n) is 4.99. The highest BCUT2D eigenvalue weighted by Crippen LogP contribution is 2.23. The van der Waals surface area contributed by atoms with E-state index >= 15 is 0 Å². The summed E-state index contributed by atoms with van der Waals surface area (Å²) >= 11 is 0. The summed E-state index contributed by atoms with van der Waals surface area (Å²) in [6.07, 6.45) is 0. The summed E-state index contributed by atoms with van der Waals surface area (Å²) in [6.45, 7) is 10.0. The second-order valence-corrected chi connectivity index (χ2v) is 7.71. The van der Waals surface area contributed by atoms with E-state index in [1.807, 2.05) is 58.9 Å². The number of carbonyl (C=O) groups is 2. The van der Waals surface area contributed by atoms with Crippen molar-refractivity contribution in [1.82, 2.24) is 9.88 Å². The number of hydrogen-bond acceptors (Lipinski definition) is 2. The number of hydrogen-bond donors (Lipinski definition) is 2. The first-order valence-corrected chi connectivity index (χ1v) is 9.39. The van der Waals surface area contributed by atoms with Crippen LogP contribution in [0.1, 0.15) is 38.3 Å². The van der Waals surface area contributed by atoms with Gasteiger partial charge in [0.05, 0.1) is 6.54 Å². The van der Waals surface area contributed by atoms with Crippen molar-refractivity contribution in [1.29, 1.82) is 0 Å². The number of aryl methyl sites for hydroxylation is 5. The zero-order chi connectivity index (χ0) is 20.6. The summed E-state index contributed by atoms with van der Waals surface area (Å²) in [5.41, 5.74) is 7.69. The first-order chi connectivity index (χ1) is 13.2. The van der Waals surface area contributed by atoms with E-state index in [0.717, 1.165) is 44.4 Å². The van der Waals surface area contributed by atoms with Gasteiger partial charge in [-0.15, -0.1) is 0 Å². The SMILES string of the molecule is Cc1cc(C)c(NC(=O)CN(C)C(=O)c2cc3c(C)cc(C)cc3[nH]2)c(C)c1. The molecule has 0 atom stereocenters. The number of nitrogens with one attached hydrogen (secondary N) is 2. The molecule has 2 N–H and O–H groups in total. The molecule has 3 rings (SSSR count). The Morgan fingerprint density at radius 1 is 0.893 bits per heavy atom. The molecule has 0 bridgehead atoms. The molecule has 1 aromatic heterocycles. The molecule has 28 heavy (non-hydrogen) atoms. The van der Waals surface area contributed by atoms with Gasteiger partial charge in [0.25, 0.3) is 5.91 Å². The van der Waals surface area contributed by atoms with Crippen molar-refractivity contribution < 1.29 is 9.59 Å². The van der Waals surface area contributed by atoms with E-state index in [9.17, 15) is 9.59 Å². The van der Waals surface area contributed by atoms with Crippen molar-refractivity contribution in [3.8, 4) is 0 Å². The fourth-order valence-electron chi connectivity index (χ4n) is 3.76. The Morgan fingerprint density at radius 3 is 2.11 bits per heavy atom. The van der Waals surface area contributed by atoms with E-state index in [-0.39, 0.29) is 18.4 Å². The summed E-state index contributed by atoms with van der Waals surface area (Å²) in [4.78, 5) is 29.9. The number of amides is 2. The highest BCUT2D eigenvalue weighted by Gasteiger charge is 2.18. The number of benzene rings is 2. The molecule has 0 fully saturated rings. The number of fused-ring (bicyclic) bond motifs is 1. The largest absolute Gasteiger partial charge is 0.351 e. The second kappa shape index (κ2) is 7.50. The number of likely N-dealkylation sites (N-methyl/N-ethyl adjacent to an activating group) is 1. The van der Waals surface area contributed by atoms with Gasteiger partial charge in [-0.05, 0) is 69.0 Å². The van der Waals surface area contributed by atoms with Crippen LogP contribution >= 0.6 is 0 Å². The minimum atomic E-state index is -0.214. The van der Waals surface area contributed by atoms with E-state index in [1.54, 1.807) is 7.05 Å². The van der Waals surface area contributed by atoms with Crippen LogP contribution in [-0.4, -0.2) is 35.3 Å². The smallest absolute Gasteiger partial charge is 0.270 e. The zero-order valence-corrected chi connectivity index (χ0v) is 17.4. The molecule has 0 saturated heterocycles. The van der Waals surface area contributed by atoms with Gasteiger partial charge in [0.1, 0.15) is 5.69 Å². The van der Waals surface area contributed by atoms with E-state index < -0.39 is 0 Å². The fraction of sp³-hybridized carbons (Fsp3) is 0.304. The summed E-state index contributed by atoms with van der Waals surface area (Å²) in [7, 11) is 1.64. The van der Waals surface area contributed by atoms with Crippen LogP contribution < -0.4 is 5.32 Å². The minimum Gasteiger partial charge on any atom is -0.351 e. The molecular weight excluding hydrogens is 350 g/mol. The Labute approximate surface area is 165 Å². The molecule has 146 valence electrons. The molecule has 0 aliphatic carbocycles. The lowest BCUT2D eigenvalue weighted by atomic mass is 10.1. The lowest BCUT2D eigenvalue weighted by Gasteiger charge is -2.18. The summed E-state index contributed by atoms with van der Waals surface area (Å²) < 4.78 is 0. The molecule has 0 aliphatic heterocycles. The van der Waals surface area contributed by atoms with E-state index in [2.05, 4.69) is 16.4 Å². The fourth-order valence-corrected chi connectivity index (χ4v) is 3.76. The van der Waals surface area contributed by atoms with Crippen LogP contribution in [0.15, 0.2) is 30.3 Å². The van der Waals surface area contributed by atoms with Crippen molar-refractivity contribution in [2.45, 2.75) is 34.6 Å². The van der Waals surface area contributed by atoms with Crippen LogP contribution in [-0.2, 0) is 4.79 Å². The molecule has 0 unspecified atom stereocenters. The van der Waals surface area contributed by atoms with Gasteiger partial charge in [-0.2, -0.15) is 0 Å². The molecule has 0 radical (unpaired) electrons. The van der Waals surface area contributed by atoms with Crippen molar-refractivity contribution in [2.24, 2.45) is 0 Å². The van der Waals surface area contributed by atoms with Crippen LogP contribution in [0, 0.1) is 34.6 Å². The van der Waals surface area contributed by atoms with E-state index in [0.29, 0.717) is 5.69 Å². The number of rotatable bonds is 4. The lowest BCUT2D eigenvalue weighted by Crippen LogP contribution is -2.35. The summed E-state index contributed by atoms with van der Waals surface area (Å²) in [5.74, 6) is -0.421. The van der Waals surface area contributed by atoms with E-state index in [1.165, 1.54) is 4.90 Å². The van der Waals surface area contributed by atoms with Crippen LogP contribution in [0.25, 0.3) is 10.9 Å². The highest BCUT2D eigenvalue weighted by atomic mass is 16.2. The predicted molar refractivity (Wildman–Crippen MR) is 114 cm³/mol. The summed E-state index contributed by atoms with van der Waals surface area (Å²) in [6, 6.07) is 10.0. The molecule has 3 aromatic rings. The molecule has 2 amide bonds. The Bertz CT molecular complexity index is 1060. The van der Waals surface area contributed by atoms with Crippen molar-refractivity contribution in [3.63, 3.8) is 0 Å². The van der Waals surface area contributed by atoms with Crippen LogP contribution in [0.5, 0.6) is 0 Å². The number of aromatic nitrogens is 1. The van der Waals surface area contributed by atoms with Gasteiger partial charge in [-0.1, -0.05) is 23.8 Å². The van der Waals surface area contributed by atoms with Gasteiger partial charge in [0, 0.05) is 23.6 Å². The maximum Gasteiger partial charge on any atom is 0.270 e. The number of carbonyl (C=O) groups excluding carboxylic acids is 2. The van der Waals surface area contributed by atoms with Crippen molar-refractivity contribution in [3.05, 3.63) is 63.8 Å². The molecular formula is C23H27N3O2. The standard InChI is InChI=1S/C23H27N3O2/c1-13-8-16(4)22(17(5)9-13)25-21(27)12-26(6)23(28)20-11-18-15(3)7-14(2)10-19(18)24-20/h7-11,24H,12H2,1-6H3,(H,25,27). The quantitative estimate of drug-likeness (QED) is 0.707. The highest BCUT2D eigenvalue weighted by molar-refractivity contribution is 6.02. The molecule has 0 saturated carbocycles. The third-order valence-corrected chi connectivity index (χ3v) is 4.99. The first kappa shape index (κ1) is 19.7. The predicted octanol–water partition coefficient (Wildman–Crippen LogP) is 4.42. The van der Waals surface area contributed by atoms with E-state index in [4.69, 9.17) is 0 Å². The topological polar surface area (TPSA) is 65.2 Å². The third kappa shape index (κ3) is 3.93. The Balaban J connectivity index is 1.74. The number of aromatic amines is 1. The average molecular weight is 377 g/mol. The number of nitrogens with zero attached hydrogens (tertiary/aromatic N) is 1. The number of anilines is 1. The molecule has 0 spiro atoms. The first-order valence-electron chi connectivity index (χ1n) is 9.39. The van der Waals surface area contributed by atoms with Gasteiger partial charge in [0.2, 0.25) is 5.91 Å². The van der Waals surface area contributed by atoms with Crippen LogP contribution in [0.4, 0.5) is 5.69 Å². The van der Waals surface area contributed by atoms with Crippen LogP contribution in [0.2, 0.25) is 0 Å². The Hall–Kier alpha value is -3.08. The Kier molecular flexibility index (Phi) is 5.27. The molecule has 1 heterocycles. The maximum absolute atomic E-state index is 12.8. The molecule has 2 aromatic carbocycles. The molecule has 5 nitrogen and oxygen atoms in total. The minimum absolute atomic E-state index is 0.0149. The normalized spacial score (nSPS) is 10.9. The molecule has 5 heteroatoms. The van der Waals surface area contributed by atoms with Gasteiger partial charge < -0.3 is 15.2 Å². The van der Waals surface area contributed by atoms with Gasteiger partial charge >= 0.3 is 0 Å². The van der Waals surface area contributed by atoms with Gasteiger partial charge in [-0.25, -0.2) is 0 Å². The maximum atomic E-state index is 12.8. The Morgan fingerprint density at radius 2 is 1.46 bits per heavy atom. The van der Waals surface area contributed by atoms with Crippen LogP contribution in [0.3, 0.4) is 0 Å². The monoisotopic (exact) mass is 377 g/mol. The van der Waals surface area contributed by atoms with Crippen molar-refractivity contribution >= 4 is 28.4 Å². The number of H-pyrrole nitrogens is 1.